The molecule has 0 bridgehead atoms. The Labute approximate surface area is 184 Å². The van der Waals surface area contributed by atoms with Gasteiger partial charge in [0, 0.05) is 17.3 Å². The third kappa shape index (κ3) is 5.41. The second-order valence-corrected chi connectivity index (χ2v) is 6.77. The van der Waals surface area contributed by atoms with E-state index in [1.165, 1.54) is 16.7 Å². The Bertz CT molecular complexity index is 1110. The summed E-state index contributed by atoms with van der Waals surface area (Å²) in [5.74, 6) is -1.07. The Morgan fingerprint density at radius 2 is 1.97 bits per heavy atom. The molecule has 1 amide bonds. The molecule has 0 saturated heterocycles. The van der Waals surface area contributed by atoms with Crippen molar-refractivity contribution in [2.45, 2.75) is 6.42 Å². The van der Waals surface area contributed by atoms with Crippen LogP contribution in [0.3, 0.4) is 0 Å². The van der Waals surface area contributed by atoms with E-state index in [1.807, 2.05) is 36.4 Å². The van der Waals surface area contributed by atoms with Crippen molar-refractivity contribution in [3.8, 4) is 17.5 Å². The summed E-state index contributed by atoms with van der Waals surface area (Å²) in [6.45, 7) is -0.392. The maximum atomic E-state index is 12.7. The van der Waals surface area contributed by atoms with E-state index in [0.29, 0.717) is 10.7 Å². The number of carbonyl (C=O) groups is 2. The molecule has 9 heteroatoms. The van der Waals surface area contributed by atoms with Crippen LogP contribution in [0.5, 0.6) is 5.75 Å². The summed E-state index contributed by atoms with van der Waals surface area (Å²) < 4.78 is 11.9. The molecule has 0 unspecified atom stereocenters. The Kier molecular flexibility index (Phi) is 7.25. The van der Waals surface area contributed by atoms with Gasteiger partial charge in [-0.15, -0.1) is 0 Å². The molecule has 0 atom stereocenters. The topological polar surface area (TPSA) is 97.5 Å². The van der Waals surface area contributed by atoms with E-state index >= 15 is 0 Å². The van der Waals surface area contributed by atoms with Gasteiger partial charge in [0.2, 0.25) is 5.69 Å². The fourth-order valence-electron chi connectivity index (χ4n) is 2.84. The largest absolute Gasteiger partial charge is 0.493 e. The van der Waals surface area contributed by atoms with E-state index in [4.69, 9.17) is 26.3 Å². The van der Waals surface area contributed by atoms with Crippen molar-refractivity contribution in [2.75, 3.05) is 25.2 Å². The van der Waals surface area contributed by atoms with Gasteiger partial charge in [0.25, 0.3) is 5.91 Å². The highest BCUT2D eigenvalue weighted by molar-refractivity contribution is 6.30. The summed E-state index contributed by atoms with van der Waals surface area (Å²) in [5, 5.41) is 13.6. The number of para-hydroxylation sites is 1. The molecule has 0 radical (unpaired) electrons. The van der Waals surface area contributed by atoms with Crippen molar-refractivity contribution < 1.29 is 19.1 Å². The molecule has 0 aliphatic rings. The molecular formula is C22H19ClN4O4. The van der Waals surface area contributed by atoms with Gasteiger partial charge in [0.15, 0.2) is 12.4 Å². The molecule has 0 aliphatic carbocycles. The summed E-state index contributed by atoms with van der Waals surface area (Å²) in [5.41, 5.74) is 1.19. The SMILES string of the molecule is COc1cn(-c2ccccc2)nc1C(=O)OCC(=O)N(CCC#N)c1cccc(Cl)c1. The highest BCUT2D eigenvalue weighted by Crippen LogP contribution is 2.22. The van der Waals surface area contributed by atoms with Gasteiger partial charge in [-0.2, -0.15) is 10.4 Å². The average molecular weight is 439 g/mol. The number of esters is 1. The lowest BCUT2D eigenvalue weighted by Gasteiger charge is -2.21. The normalized spacial score (nSPS) is 10.2. The van der Waals surface area contributed by atoms with Crippen LogP contribution in [0.4, 0.5) is 5.69 Å². The Balaban J connectivity index is 1.73. The molecule has 2 aromatic carbocycles. The molecule has 0 fully saturated rings. The van der Waals surface area contributed by atoms with Gasteiger partial charge in [0.05, 0.1) is 31.5 Å². The zero-order valence-corrected chi connectivity index (χ0v) is 17.5. The molecule has 1 aromatic heterocycles. The molecule has 0 aliphatic heterocycles. The number of rotatable bonds is 8. The van der Waals surface area contributed by atoms with E-state index < -0.39 is 18.5 Å². The summed E-state index contributed by atoms with van der Waals surface area (Å²) in [6, 6.07) is 17.8. The Morgan fingerprint density at radius 3 is 2.65 bits per heavy atom. The number of aromatic nitrogens is 2. The molecule has 31 heavy (non-hydrogen) atoms. The molecular weight excluding hydrogens is 420 g/mol. The van der Waals surface area contributed by atoms with Crippen LogP contribution in [0, 0.1) is 11.3 Å². The number of benzene rings is 2. The van der Waals surface area contributed by atoms with E-state index in [9.17, 15) is 9.59 Å². The van der Waals surface area contributed by atoms with Crippen molar-refractivity contribution in [3.05, 3.63) is 71.5 Å². The quantitative estimate of drug-likeness (QED) is 0.498. The summed E-state index contributed by atoms with van der Waals surface area (Å²) in [7, 11) is 1.41. The van der Waals surface area contributed by atoms with Crippen LogP contribution in [0.1, 0.15) is 16.9 Å². The highest BCUT2D eigenvalue weighted by atomic mass is 35.5. The second-order valence-electron chi connectivity index (χ2n) is 6.34. The first-order valence-electron chi connectivity index (χ1n) is 9.32. The number of carbonyl (C=O) groups excluding carboxylic acids is 2. The van der Waals surface area contributed by atoms with Crippen LogP contribution in [0.25, 0.3) is 5.69 Å². The maximum Gasteiger partial charge on any atom is 0.363 e. The molecule has 1 heterocycles. The molecule has 0 saturated carbocycles. The average Bonchev–Trinajstić information content (AvgIpc) is 3.23. The van der Waals surface area contributed by atoms with Gasteiger partial charge in [-0.3, -0.25) is 4.79 Å². The first kappa shape index (κ1) is 21.9. The lowest BCUT2D eigenvalue weighted by molar-refractivity contribution is -0.121. The number of hydrogen-bond acceptors (Lipinski definition) is 6. The van der Waals surface area contributed by atoms with Crippen LogP contribution in [0.2, 0.25) is 5.02 Å². The summed E-state index contributed by atoms with van der Waals surface area (Å²) >= 11 is 6.01. The van der Waals surface area contributed by atoms with E-state index in [2.05, 4.69) is 5.10 Å². The Morgan fingerprint density at radius 1 is 1.19 bits per heavy atom. The fourth-order valence-corrected chi connectivity index (χ4v) is 3.02. The lowest BCUT2D eigenvalue weighted by atomic mass is 10.2. The molecule has 158 valence electrons. The van der Waals surface area contributed by atoms with Gasteiger partial charge in [-0.05, 0) is 30.3 Å². The van der Waals surface area contributed by atoms with E-state index in [0.717, 1.165) is 5.69 Å². The predicted octanol–water partition coefficient (Wildman–Crippen LogP) is 3.64. The third-order valence-corrected chi connectivity index (χ3v) is 4.54. The standard InChI is InChI=1S/C22H19ClN4O4/c1-30-19-14-27(17-8-3-2-4-9-17)25-21(19)22(29)31-15-20(28)26(12-6-11-24)18-10-5-7-16(23)13-18/h2-5,7-10,13-14H,6,12,15H2,1H3. The first-order chi connectivity index (χ1) is 15.0. The van der Waals surface area contributed by atoms with Crippen LogP contribution in [0.15, 0.2) is 60.8 Å². The number of methoxy groups -OCH3 is 1. The molecule has 0 spiro atoms. The maximum absolute atomic E-state index is 12.7. The smallest absolute Gasteiger partial charge is 0.363 e. The monoisotopic (exact) mass is 438 g/mol. The van der Waals surface area contributed by atoms with Crippen LogP contribution in [-0.4, -0.2) is 41.9 Å². The third-order valence-electron chi connectivity index (χ3n) is 4.31. The van der Waals surface area contributed by atoms with Crippen molar-refractivity contribution in [2.24, 2.45) is 0 Å². The fraction of sp³-hybridized carbons (Fsp3) is 0.182. The van der Waals surface area contributed by atoms with Gasteiger partial charge in [0.1, 0.15) is 0 Å². The van der Waals surface area contributed by atoms with Crippen LogP contribution in [-0.2, 0) is 9.53 Å². The first-order valence-corrected chi connectivity index (χ1v) is 9.70. The highest BCUT2D eigenvalue weighted by Gasteiger charge is 2.23. The van der Waals surface area contributed by atoms with E-state index in [-0.39, 0.29) is 24.4 Å². The van der Waals surface area contributed by atoms with Gasteiger partial charge in [-0.25, -0.2) is 9.48 Å². The Hall–Kier alpha value is -3.83. The van der Waals surface area contributed by atoms with E-state index in [1.54, 1.807) is 30.5 Å². The zero-order valence-electron chi connectivity index (χ0n) is 16.7. The van der Waals surface area contributed by atoms with Crippen molar-refractivity contribution in [1.82, 2.24) is 9.78 Å². The minimum absolute atomic E-state index is 0.0505. The van der Waals surface area contributed by atoms with Gasteiger partial charge >= 0.3 is 5.97 Å². The molecule has 8 nitrogen and oxygen atoms in total. The molecule has 3 rings (SSSR count). The number of hydrogen-bond donors (Lipinski definition) is 0. The molecule has 3 aromatic rings. The van der Waals surface area contributed by atoms with Crippen molar-refractivity contribution in [1.29, 1.82) is 5.26 Å². The number of anilines is 1. The summed E-state index contributed by atoms with van der Waals surface area (Å²) in [4.78, 5) is 26.6. The minimum atomic E-state index is -0.800. The van der Waals surface area contributed by atoms with Gasteiger partial charge < -0.3 is 14.4 Å². The number of halogens is 1. The number of nitriles is 1. The second kappa shape index (κ2) is 10.3. The van der Waals surface area contributed by atoms with Crippen molar-refractivity contribution >= 4 is 29.2 Å². The summed E-state index contributed by atoms with van der Waals surface area (Å²) in [6.07, 6.45) is 1.67. The lowest BCUT2D eigenvalue weighted by Crippen LogP contribution is -2.35. The van der Waals surface area contributed by atoms with Crippen LogP contribution < -0.4 is 9.64 Å². The van der Waals surface area contributed by atoms with Gasteiger partial charge in [-0.1, -0.05) is 35.9 Å². The number of nitrogens with zero attached hydrogens (tertiary/aromatic N) is 4. The predicted molar refractivity (Wildman–Crippen MR) is 114 cm³/mol. The number of ether oxygens (including phenoxy) is 2. The zero-order chi connectivity index (χ0) is 22.2. The molecule has 0 N–H and O–H groups in total. The van der Waals surface area contributed by atoms with Crippen LogP contribution >= 0.6 is 11.6 Å². The van der Waals surface area contributed by atoms with Crippen molar-refractivity contribution in [3.63, 3.8) is 0 Å². The number of amides is 1. The minimum Gasteiger partial charge on any atom is -0.493 e.